The number of benzene rings is 1. The Morgan fingerprint density at radius 2 is 2.29 bits per heavy atom. The van der Waals surface area contributed by atoms with E-state index < -0.39 is 11.8 Å². The van der Waals surface area contributed by atoms with Crippen molar-refractivity contribution in [2.24, 2.45) is 7.05 Å². The average molecular weight is 290 g/mol. The largest absolute Gasteiger partial charge is 0.490 e. The van der Waals surface area contributed by atoms with Crippen LogP contribution in [0.25, 0.3) is 6.08 Å². The Morgan fingerprint density at radius 3 is 2.90 bits per heavy atom. The summed E-state index contributed by atoms with van der Waals surface area (Å²) < 4.78 is 20.9. The second-order valence-electron chi connectivity index (χ2n) is 4.41. The van der Waals surface area contributed by atoms with Gasteiger partial charge in [-0.05, 0) is 29.8 Å². The lowest BCUT2D eigenvalue weighted by atomic mass is 10.2. The first-order valence-corrected chi connectivity index (χ1v) is 6.36. The molecule has 0 aliphatic rings. The minimum atomic E-state index is -1.08. The molecule has 5 nitrogen and oxygen atoms in total. The van der Waals surface area contributed by atoms with Gasteiger partial charge in [0, 0.05) is 31.4 Å². The van der Waals surface area contributed by atoms with Crippen LogP contribution >= 0.6 is 0 Å². The molecule has 1 N–H and O–H groups in total. The van der Waals surface area contributed by atoms with E-state index in [-0.39, 0.29) is 5.75 Å². The van der Waals surface area contributed by atoms with E-state index in [4.69, 9.17) is 9.84 Å². The van der Waals surface area contributed by atoms with Crippen molar-refractivity contribution in [3.63, 3.8) is 0 Å². The van der Waals surface area contributed by atoms with Gasteiger partial charge in [0.15, 0.2) is 11.6 Å². The molecule has 1 aromatic heterocycles. The molecule has 1 aromatic carbocycles. The lowest BCUT2D eigenvalue weighted by molar-refractivity contribution is -0.131. The molecular formula is C15H15FN2O3. The highest BCUT2D eigenvalue weighted by Crippen LogP contribution is 2.19. The van der Waals surface area contributed by atoms with E-state index in [0.717, 1.165) is 11.8 Å². The van der Waals surface area contributed by atoms with E-state index in [1.807, 2.05) is 13.1 Å². The van der Waals surface area contributed by atoms with Crippen LogP contribution in [0.3, 0.4) is 0 Å². The molecule has 0 amide bonds. The Kier molecular flexibility index (Phi) is 4.71. The van der Waals surface area contributed by atoms with Crippen molar-refractivity contribution in [1.29, 1.82) is 0 Å². The SMILES string of the molecule is Cn1nccc1CCOc1ccc(/C=C/C(=O)O)cc1F. The van der Waals surface area contributed by atoms with Gasteiger partial charge in [0.1, 0.15) is 0 Å². The van der Waals surface area contributed by atoms with Crippen LogP contribution in [0.4, 0.5) is 4.39 Å². The zero-order valence-corrected chi connectivity index (χ0v) is 11.5. The maximum absolute atomic E-state index is 13.8. The van der Waals surface area contributed by atoms with Crippen LogP contribution in [0.5, 0.6) is 5.75 Å². The molecule has 0 unspecified atom stereocenters. The molecule has 0 aliphatic carbocycles. The monoisotopic (exact) mass is 290 g/mol. The molecule has 0 atom stereocenters. The zero-order valence-electron chi connectivity index (χ0n) is 11.5. The fourth-order valence-electron chi connectivity index (χ4n) is 1.82. The topological polar surface area (TPSA) is 64.4 Å². The van der Waals surface area contributed by atoms with Gasteiger partial charge >= 0.3 is 5.97 Å². The second-order valence-corrected chi connectivity index (χ2v) is 4.41. The number of aliphatic carboxylic acids is 1. The number of hydrogen-bond donors (Lipinski definition) is 1. The highest BCUT2D eigenvalue weighted by Gasteiger charge is 2.05. The van der Waals surface area contributed by atoms with E-state index in [9.17, 15) is 9.18 Å². The minimum Gasteiger partial charge on any atom is -0.490 e. The molecule has 0 saturated heterocycles. The molecule has 21 heavy (non-hydrogen) atoms. The predicted molar refractivity (Wildman–Crippen MR) is 75.5 cm³/mol. The fraction of sp³-hybridized carbons (Fsp3) is 0.200. The first-order chi connectivity index (χ1) is 10.1. The van der Waals surface area contributed by atoms with Crippen LogP contribution in [0.1, 0.15) is 11.3 Å². The Hall–Kier alpha value is -2.63. The summed E-state index contributed by atoms with van der Waals surface area (Å²) >= 11 is 0. The van der Waals surface area contributed by atoms with E-state index in [0.29, 0.717) is 18.6 Å². The molecule has 6 heteroatoms. The molecule has 0 bridgehead atoms. The average Bonchev–Trinajstić information content (AvgIpc) is 2.84. The number of carbonyl (C=O) groups is 1. The summed E-state index contributed by atoms with van der Waals surface area (Å²) in [5.41, 5.74) is 1.46. The molecule has 0 radical (unpaired) electrons. The van der Waals surface area contributed by atoms with Crippen LogP contribution < -0.4 is 4.74 Å². The molecule has 110 valence electrons. The Balaban J connectivity index is 1.95. The molecule has 0 spiro atoms. The molecular weight excluding hydrogens is 275 g/mol. The van der Waals surface area contributed by atoms with Gasteiger partial charge in [-0.1, -0.05) is 6.07 Å². The molecule has 0 aliphatic heterocycles. The van der Waals surface area contributed by atoms with Crippen LogP contribution in [-0.4, -0.2) is 27.5 Å². The smallest absolute Gasteiger partial charge is 0.328 e. The third kappa shape index (κ3) is 4.17. The van der Waals surface area contributed by atoms with Crippen LogP contribution in [0, 0.1) is 5.82 Å². The van der Waals surface area contributed by atoms with Crippen LogP contribution in [0.2, 0.25) is 0 Å². The molecule has 2 aromatic rings. The number of aryl methyl sites for hydroxylation is 1. The van der Waals surface area contributed by atoms with Gasteiger partial charge in [0.2, 0.25) is 0 Å². The van der Waals surface area contributed by atoms with Gasteiger partial charge in [-0.2, -0.15) is 5.10 Å². The maximum Gasteiger partial charge on any atom is 0.328 e. The number of ether oxygens (including phenoxy) is 1. The van der Waals surface area contributed by atoms with E-state index >= 15 is 0 Å². The third-order valence-electron chi connectivity index (χ3n) is 2.91. The lowest BCUT2D eigenvalue weighted by Crippen LogP contribution is -2.06. The number of halogens is 1. The van der Waals surface area contributed by atoms with Crippen molar-refractivity contribution in [2.45, 2.75) is 6.42 Å². The van der Waals surface area contributed by atoms with Gasteiger partial charge in [-0.15, -0.1) is 0 Å². The number of hydrogen-bond acceptors (Lipinski definition) is 3. The maximum atomic E-state index is 13.8. The van der Waals surface area contributed by atoms with Crippen molar-refractivity contribution in [3.05, 3.63) is 53.6 Å². The van der Waals surface area contributed by atoms with Gasteiger partial charge in [-0.25, -0.2) is 9.18 Å². The summed E-state index contributed by atoms with van der Waals surface area (Å²) in [6, 6.07) is 6.19. The zero-order chi connectivity index (χ0) is 15.2. The Morgan fingerprint density at radius 1 is 1.48 bits per heavy atom. The summed E-state index contributed by atoms with van der Waals surface area (Å²) in [6.07, 6.45) is 4.60. The highest BCUT2D eigenvalue weighted by atomic mass is 19.1. The predicted octanol–water partition coefficient (Wildman–Crippen LogP) is 2.28. The third-order valence-corrected chi connectivity index (χ3v) is 2.91. The molecule has 2 rings (SSSR count). The van der Waals surface area contributed by atoms with Crippen LogP contribution in [-0.2, 0) is 18.3 Å². The second kappa shape index (κ2) is 6.69. The summed E-state index contributed by atoms with van der Waals surface area (Å²) in [5.74, 6) is -1.45. The molecule has 1 heterocycles. The standard InChI is InChI=1S/C15H15FN2O3/c1-18-12(6-8-17-18)7-9-21-14-4-2-11(10-13(14)16)3-5-15(19)20/h2-6,8,10H,7,9H2,1H3,(H,19,20)/b5-3+. The number of rotatable bonds is 6. The molecule has 0 fully saturated rings. The summed E-state index contributed by atoms with van der Waals surface area (Å²) in [7, 11) is 1.83. The van der Waals surface area contributed by atoms with E-state index in [2.05, 4.69) is 5.10 Å². The fourth-order valence-corrected chi connectivity index (χ4v) is 1.82. The van der Waals surface area contributed by atoms with Gasteiger partial charge in [-0.3, -0.25) is 4.68 Å². The Labute approximate surface area is 121 Å². The number of aromatic nitrogens is 2. The van der Waals surface area contributed by atoms with Gasteiger partial charge in [0.05, 0.1) is 6.61 Å². The van der Waals surface area contributed by atoms with Crippen molar-refractivity contribution in [3.8, 4) is 5.75 Å². The highest BCUT2D eigenvalue weighted by molar-refractivity contribution is 5.85. The lowest BCUT2D eigenvalue weighted by Gasteiger charge is -2.08. The summed E-state index contributed by atoms with van der Waals surface area (Å²) in [6.45, 7) is 0.334. The number of carboxylic acid groups (broad SMARTS) is 1. The number of nitrogens with zero attached hydrogens (tertiary/aromatic N) is 2. The van der Waals surface area contributed by atoms with Gasteiger partial charge < -0.3 is 9.84 Å². The number of carboxylic acids is 1. The van der Waals surface area contributed by atoms with Crippen molar-refractivity contribution < 1.29 is 19.0 Å². The first kappa shape index (κ1) is 14.8. The summed E-state index contributed by atoms with van der Waals surface area (Å²) in [4.78, 5) is 10.4. The normalized spacial score (nSPS) is 11.0. The van der Waals surface area contributed by atoms with E-state index in [1.165, 1.54) is 18.2 Å². The van der Waals surface area contributed by atoms with Crippen molar-refractivity contribution in [1.82, 2.24) is 9.78 Å². The first-order valence-electron chi connectivity index (χ1n) is 6.36. The van der Waals surface area contributed by atoms with E-state index in [1.54, 1.807) is 16.9 Å². The van der Waals surface area contributed by atoms with Crippen molar-refractivity contribution >= 4 is 12.0 Å². The quantitative estimate of drug-likeness (QED) is 0.829. The van der Waals surface area contributed by atoms with Crippen molar-refractivity contribution in [2.75, 3.05) is 6.61 Å². The Bertz CT molecular complexity index is 665. The minimum absolute atomic E-state index is 0.143. The summed E-state index contributed by atoms with van der Waals surface area (Å²) in [5, 5.41) is 12.6. The molecule has 0 saturated carbocycles. The van der Waals surface area contributed by atoms with Crippen LogP contribution in [0.15, 0.2) is 36.5 Å². The van der Waals surface area contributed by atoms with Gasteiger partial charge in [0.25, 0.3) is 0 Å².